The molecule has 0 radical (unpaired) electrons. The van der Waals surface area contributed by atoms with Gasteiger partial charge >= 0.3 is 0 Å². The number of halogens is 3. The number of rotatable bonds is 3. The van der Waals surface area contributed by atoms with Crippen LogP contribution in [0.5, 0.6) is 0 Å². The lowest BCUT2D eigenvalue weighted by molar-refractivity contribution is -0.0160. The van der Waals surface area contributed by atoms with Crippen LogP contribution < -0.4 is 10.6 Å². The highest BCUT2D eigenvalue weighted by Gasteiger charge is 2.41. The van der Waals surface area contributed by atoms with Crippen molar-refractivity contribution in [2.45, 2.75) is 19.3 Å². The summed E-state index contributed by atoms with van der Waals surface area (Å²) in [4.78, 5) is 2.14. The van der Waals surface area contributed by atoms with Crippen LogP contribution in [-0.4, -0.2) is 26.1 Å². The van der Waals surface area contributed by atoms with Gasteiger partial charge in [-0.25, -0.2) is 8.78 Å². The predicted molar refractivity (Wildman–Crippen MR) is 73.1 cm³/mol. The van der Waals surface area contributed by atoms with Gasteiger partial charge in [-0.05, 0) is 31.0 Å². The summed E-state index contributed by atoms with van der Waals surface area (Å²) in [5, 5.41) is 0. The maximum atomic E-state index is 13.1. The number of anilines is 1. The van der Waals surface area contributed by atoms with E-state index in [1.165, 1.54) is 0 Å². The van der Waals surface area contributed by atoms with Gasteiger partial charge in [0.2, 0.25) is 6.43 Å². The van der Waals surface area contributed by atoms with E-state index in [0.29, 0.717) is 25.9 Å². The van der Waals surface area contributed by atoms with Crippen molar-refractivity contribution in [1.29, 1.82) is 0 Å². The molecule has 0 saturated carbocycles. The van der Waals surface area contributed by atoms with Crippen molar-refractivity contribution >= 4 is 21.6 Å². The van der Waals surface area contributed by atoms with Crippen molar-refractivity contribution in [2.24, 2.45) is 11.1 Å². The third-order valence-electron chi connectivity index (χ3n) is 3.80. The van der Waals surface area contributed by atoms with Gasteiger partial charge in [0, 0.05) is 35.2 Å². The van der Waals surface area contributed by atoms with E-state index in [2.05, 4.69) is 20.8 Å². The lowest BCUT2D eigenvalue weighted by Crippen LogP contribution is -2.48. The van der Waals surface area contributed by atoms with Crippen LogP contribution in [0.15, 0.2) is 28.7 Å². The molecule has 0 aliphatic carbocycles. The molecule has 2 rings (SSSR count). The van der Waals surface area contributed by atoms with Gasteiger partial charge in [-0.1, -0.05) is 22.0 Å². The summed E-state index contributed by atoms with van der Waals surface area (Å²) in [5.74, 6) is 0. The standard InChI is InChI=1S/C13H17BrF2N2/c14-10-2-1-3-11(8-10)18-6-4-13(9-17,5-7-18)12(15)16/h1-3,8,12H,4-7,9,17H2. The molecule has 1 aliphatic heterocycles. The lowest BCUT2D eigenvalue weighted by atomic mass is 9.78. The highest BCUT2D eigenvalue weighted by molar-refractivity contribution is 9.10. The molecule has 5 heteroatoms. The Morgan fingerprint density at radius 3 is 2.50 bits per heavy atom. The SMILES string of the molecule is NCC1(C(F)F)CCN(c2cccc(Br)c2)CC1. The summed E-state index contributed by atoms with van der Waals surface area (Å²) in [5.41, 5.74) is 5.63. The van der Waals surface area contributed by atoms with E-state index in [1.807, 2.05) is 24.3 Å². The van der Waals surface area contributed by atoms with Crippen molar-refractivity contribution in [2.75, 3.05) is 24.5 Å². The van der Waals surface area contributed by atoms with E-state index >= 15 is 0 Å². The average molecular weight is 319 g/mol. The molecule has 1 fully saturated rings. The van der Waals surface area contributed by atoms with Crippen LogP contribution in [-0.2, 0) is 0 Å². The van der Waals surface area contributed by atoms with Crippen LogP contribution in [0.3, 0.4) is 0 Å². The van der Waals surface area contributed by atoms with E-state index in [-0.39, 0.29) is 6.54 Å². The molecule has 0 aromatic heterocycles. The molecule has 18 heavy (non-hydrogen) atoms. The van der Waals surface area contributed by atoms with E-state index in [0.717, 1.165) is 10.2 Å². The highest BCUT2D eigenvalue weighted by Crippen LogP contribution is 2.38. The van der Waals surface area contributed by atoms with E-state index in [1.54, 1.807) is 0 Å². The normalized spacial score (nSPS) is 19.3. The fourth-order valence-electron chi connectivity index (χ4n) is 2.39. The number of nitrogens with two attached hydrogens (primary N) is 1. The maximum Gasteiger partial charge on any atom is 0.245 e. The largest absolute Gasteiger partial charge is 0.371 e. The monoisotopic (exact) mass is 318 g/mol. The number of hydrogen-bond acceptors (Lipinski definition) is 2. The molecule has 0 spiro atoms. The Morgan fingerprint density at radius 2 is 2.00 bits per heavy atom. The van der Waals surface area contributed by atoms with Crippen LogP contribution in [0.2, 0.25) is 0 Å². The summed E-state index contributed by atoms with van der Waals surface area (Å²) in [6, 6.07) is 7.93. The van der Waals surface area contributed by atoms with Gasteiger partial charge in [-0.15, -0.1) is 0 Å². The fraction of sp³-hybridized carbons (Fsp3) is 0.538. The zero-order chi connectivity index (χ0) is 13.2. The van der Waals surface area contributed by atoms with Gasteiger partial charge in [0.15, 0.2) is 0 Å². The van der Waals surface area contributed by atoms with Crippen molar-refractivity contribution < 1.29 is 8.78 Å². The molecule has 0 amide bonds. The summed E-state index contributed by atoms with van der Waals surface area (Å²) < 4.78 is 27.1. The molecule has 1 aromatic rings. The molecular formula is C13H17BrF2N2. The number of hydrogen-bond donors (Lipinski definition) is 1. The van der Waals surface area contributed by atoms with Gasteiger partial charge < -0.3 is 10.6 Å². The Balaban J connectivity index is 2.06. The van der Waals surface area contributed by atoms with Gasteiger partial charge in [0.1, 0.15) is 0 Å². The Morgan fingerprint density at radius 1 is 1.33 bits per heavy atom. The zero-order valence-corrected chi connectivity index (χ0v) is 11.7. The smallest absolute Gasteiger partial charge is 0.245 e. The molecular weight excluding hydrogens is 302 g/mol. The van der Waals surface area contributed by atoms with E-state index < -0.39 is 11.8 Å². The Bertz CT molecular complexity index is 404. The molecule has 100 valence electrons. The first-order valence-electron chi connectivity index (χ1n) is 6.06. The second kappa shape index (κ2) is 5.53. The minimum absolute atomic E-state index is 0.0665. The Hall–Kier alpha value is -0.680. The van der Waals surface area contributed by atoms with Crippen LogP contribution in [0, 0.1) is 5.41 Å². The lowest BCUT2D eigenvalue weighted by Gasteiger charge is -2.41. The molecule has 0 atom stereocenters. The molecule has 1 aromatic carbocycles. The van der Waals surface area contributed by atoms with Crippen molar-refractivity contribution in [3.63, 3.8) is 0 Å². The van der Waals surface area contributed by atoms with Crippen LogP contribution in [0.25, 0.3) is 0 Å². The molecule has 0 bridgehead atoms. The first-order chi connectivity index (χ1) is 8.57. The maximum absolute atomic E-state index is 13.1. The van der Waals surface area contributed by atoms with Crippen molar-refractivity contribution in [1.82, 2.24) is 0 Å². The van der Waals surface area contributed by atoms with Gasteiger partial charge in [0.25, 0.3) is 0 Å². The quantitative estimate of drug-likeness (QED) is 0.927. The van der Waals surface area contributed by atoms with Gasteiger partial charge in [-0.2, -0.15) is 0 Å². The molecule has 0 unspecified atom stereocenters. The number of piperidine rings is 1. The van der Waals surface area contributed by atoms with Crippen LogP contribution in [0.4, 0.5) is 14.5 Å². The first-order valence-corrected chi connectivity index (χ1v) is 6.85. The molecule has 2 N–H and O–H groups in total. The first kappa shape index (κ1) is 13.7. The second-order valence-electron chi connectivity index (χ2n) is 4.83. The van der Waals surface area contributed by atoms with Gasteiger partial charge in [0.05, 0.1) is 0 Å². The highest BCUT2D eigenvalue weighted by atomic mass is 79.9. The van der Waals surface area contributed by atoms with Crippen molar-refractivity contribution in [3.05, 3.63) is 28.7 Å². The van der Waals surface area contributed by atoms with Crippen LogP contribution in [0.1, 0.15) is 12.8 Å². The van der Waals surface area contributed by atoms with E-state index in [9.17, 15) is 8.78 Å². The van der Waals surface area contributed by atoms with Gasteiger partial charge in [-0.3, -0.25) is 0 Å². The summed E-state index contributed by atoms with van der Waals surface area (Å²) in [7, 11) is 0. The molecule has 2 nitrogen and oxygen atoms in total. The third-order valence-corrected chi connectivity index (χ3v) is 4.30. The number of benzene rings is 1. The Labute approximate surface area is 114 Å². The van der Waals surface area contributed by atoms with Crippen LogP contribution >= 0.6 is 15.9 Å². The summed E-state index contributed by atoms with van der Waals surface area (Å²) in [6.45, 7) is 1.34. The third kappa shape index (κ3) is 2.67. The van der Waals surface area contributed by atoms with Crippen molar-refractivity contribution in [3.8, 4) is 0 Å². The molecule has 1 heterocycles. The predicted octanol–water partition coefficient (Wildman–Crippen LogP) is 3.26. The van der Waals surface area contributed by atoms with E-state index in [4.69, 9.17) is 5.73 Å². The minimum atomic E-state index is -2.33. The number of alkyl halides is 2. The number of nitrogens with zero attached hydrogens (tertiary/aromatic N) is 1. The Kier molecular flexibility index (Phi) is 4.22. The summed E-state index contributed by atoms with van der Waals surface area (Å²) in [6.07, 6.45) is -1.42. The minimum Gasteiger partial charge on any atom is -0.371 e. The fourth-order valence-corrected chi connectivity index (χ4v) is 2.78. The second-order valence-corrected chi connectivity index (χ2v) is 5.75. The molecule has 1 saturated heterocycles. The average Bonchev–Trinajstić information content (AvgIpc) is 2.38. The zero-order valence-electron chi connectivity index (χ0n) is 10.1. The topological polar surface area (TPSA) is 29.3 Å². The molecule has 1 aliphatic rings. The summed E-state index contributed by atoms with van der Waals surface area (Å²) >= 11 is 3.42.